The van der Waals surface area contributed by atoms with Crippen LogP contribution in [0.2, 0.25) is 0 Å². The fraction of sp³-hybridized carbons (Fsp3) is 0.583. The SMILES string of the molecule is CC1CCCC(Sc2cccc(N)n2)C1. The molecule has 0 saturated heterocycles. The zero-order chi connectivity index (χ0) is 10.7. The lowest BCUT2D eigenvalue weighted by molar-refractivity contribution is 0.394. The van der Waals surface area contributed by atoms with E-state index in [4.69, 9.17) is 5.73 Å². The molecule has 2 N–H and O–H groups in total. The Morgan fingerprint density at radius 1 is 1.40 bits per heavy atom. The van der Waals surface area contributed by atoms with Crippen LogP contribution in [0.5, 0.6) is 0 Å². The third-order valence-electron chi connectivity index (χ3n) is 2.92. The van der Waals surface area contributed by atoms with Gasteiger partial charge in [-0.25, -0.2) is 4.98 Å². The van der Waals surface area contributed by atoms with Crippen molar-refractivity contribution >= 4 is 17.6 Å². The minimum absolute atomic E-state index is 0.629. The molecule has 0 radical (unpaired) electrons. The van der Waals surface area contributed by atoms with E-state index in [1.54, 1.807) is 0 Å². The summed E-state index contributed by atoms with van der Waals surface area (Å²) in [7, 11) is 0. The minimum atomic E-state index is 0.629. The van der Waals surface area contributed by atoms with E-state index in [0.29, 0.717) is 5.82 Å². The summed E-state index contributed by atoms with van der Waals surface area (Å²) >= 11 is 1.89. The van der Waals surface area contributed by atoms with Crippen molar-refractivity contribution in [3.05, 3.63) is 18.2 Å². The lowest BCUT2D eigenvalue weighted by Gasteiger charge is -2.25. The number of anilines is 1. The first-order valence-electron chi connectivity index (χ1n) is 5.63. The summed E-state index contributed by atoms with van der Waals surface area (Å²) in [5.74, 6) is 1.50. The van der Waals surface area contributed by atoms with Crippen LogP contribution in [0.3, 0.4) is 0 Å². The van der Waals surface area contributed by atoms with Crippen LogP contribution < -0.4 is 5.73 Å². The molecule has 0 amide bonds. The molecule has 2 nitrogen and oxygen atoms in total. The van der Waals surface area contributed by atoms with Gasteiger partial charge in [0.15, 0.2) is 0 Å². The molecule has 82 valence electrons. The Kier molecular flexibility index (Phi) is 3.52. The second kappa shape index (κ2) is 4.88. The Hall–Kier alpha value is -0.700. The molecule has 0 spiro atoms. The molecule has 0 bridgehead atoms. The van der Waals surface area contributed by atoms with Gasteiger partial charge in [-0.05, 0) is 30.9 Å². The normalized spacial score (nSPS) is 26.5. The second-order valence-electron chi connectivity index (χ2n) is 4.41. The van der Waals surface area contributed by atoms with E-state index < -0.39 is 0 Å². The molecule has 1 aliphatic carbocycles. The largest absolute Gasteiger partial charge is 0.384 e. The molecule has 1 aliphatic rings. The number of rotatable bonds is 2. The van der Waals surface area contributed by atoms with E-state index in [1.807, 2.05) is 23.9 Å². The average Bonchev–Trinajstić information content (AvgIpc) is 2.17. The van der Waals surface area contributed by atoms with Crippen LogP contribution in [-0.2, 0) is 0 Å². The van der Waals surface area contributed by atoms with Crippen molar-refractivity contribution in [1.29, 1.82) is 0 Å². The van der Waals surface area contributed by atoms with Crippen LogP contribution in [-0.4, -0.2) is 10.2 Å². The molecule has 0 aliphatic heterocycles. The average molecular weight is 222 g/mol. The Morgan fingerprint density at radius 3 is 3.00 bits per heavy atom. The van der Waals surface area contributed by atoms with Gasteiger partial charge in [0, 0.05) is 5.25 Å². The summed E-state index contributed by atoms with van der Waals surface area (Å²) in [6, 6.07) is 5.88. The van der Waals surface area contributed by atoms with Gasteiger partial charge in [-0.2, -0.15) is 0 Å². The molecule has 1 saturated carbocycles. The van der Waals surface area contributed by atoms with Gasteiger partial charge in [-0.3, -0.25) is 0 Å². The Morgan fingerprint density at radius 2 is 2.27 bits per heavy atom. The van der Waals surface area contributed by atoms with Crippen molar-refractivity contribution in [2.24, 2.45) is 5.92 Å². The summed E-state index contributed by atoms with van der Waals surface area (Å²) in [6.45, 7) is 2.35. The lowest BCUT2D eigenvalue weighted by atomic mass is 9.91. The molecular weight excluding hydrogens is 204 g/mol. The molecular formula is C12H18N2S. The van der Waals surface area contributed by atoms with Gasteiger partial charge in [0.2, 0.25) is 0 Å². The Labute approximate surface area is 95.7 Å². The fourth-order valence-electron chi connectivity index (χ4n) is 2.15. The van der Waals surface area contributed by atoms with Gasteiger partial charge in [-0.15, -0.1) is 11.8 Å². The van der Waals surface area contributed by atoms with Gasteiger partial charge in [0.25, 0.3) is 0 Å². The van der Waals surface area contributed by atoms with Crippen molar-refractivity contribution < 1.29 is 0 Å². The van der Waals surface area contributed by atoms with Crippen LogP contribution in [0.15, 0.2) is 23.2 Å². The zero-order valence-electron chi connectivity index (χ0n) is 9.15. The lowest BCUT2D eigenvalue weighted by Crippen LogP contribution is -2.15. The van der Waals surface area contributed by atoms with Crippen molar-refractivity contribution in [3.8, 4) is 0 Å². The Bertz CT molecular complexity index is 327. The van der Waals surface area contributed by atoms with E-state index in [0.717, 1.165) is 16.2 Å². The van der Waals surface area contributed by atoms with Crippen molar-refractivity contribution in [3.63, 3.8) is 0 Å². The standard InChI is InChI=1S/C12H18N2S/c1-9-4-2-5-10(8-9)15-12-7-3-6-11(13)14-12/h3,6-7,9-10H,2,4-5,8H2,1H3,(H2,13,14). The maximum absolute atomic E-state index is 5.67. The third-order valence-corrected chi connectivity index (χ3v) is 4.15. The molecule has 1 aromatic rings. The van der Waals surface area contributed by atoms with Crippen molar-refractivity contribution in [1.82, 2.24) is 4.98 Å². The summed E-state index contributed by atoms with van der Waals surface area (Å²) in [4.78, 5) is 4.33. The van der Waals surface area contributed by atoms with Gasteiger partial charge < -0.3 is 5.73 Å². The second-order valence-corrected chi connectivity index (χ2v) is 5.73. The van der Waals surface area contributed by atoms with E-state index in [-0.39, 0.29) is 0 Å². The topological polar surface area (TPSA) is 38.9 Å². The van der Waals surface area contributed by atoms with Gasteiger partial charge >= 0.3 is 0 Å². The molecule has 2 atom stereocenters. The number of thioether (sulfide) groups is 1. The molecule has 2 unspecified atom stereocenters. The predicted octanol–water partition coefficient (Wildman–Crippen LogP) is 3.33. The smallest absolute Gasteiger partial charge is 0.124 e. The number of nitrogens with zero attached hydrogens (tertiary/aromatic N) is 1. The first-order valence-corrected chi connectivity index (χ1v) is 6.51. The summed E-state index contributed by atoms with van der Waals surface area (Å²) in [5.41, 5.74) is 5.67. The van der Waals surface area contributed by atoms with Crippen molar-refractivity contribution in [2.75, 3.05) is 5.73 Å². The number of nitrogens with two attached hydrogens (primary N) is 1. The summed E-state index contributed by atoms with van der Waals surface area (Å²) < 4.78 is 0. The molecule has 0 aromatic carbocycles. The van der Waals surface area contributed by atoms with E-state index in [9.17, 15) is 0 Å². The van der Waals surface area contributed by atoms with Crippen LogP contribution in [0, 0.1) is 5.92 Å². The predicted molar refractivity (Wildman–Crippen MR) is 65.9 cm³/mol. The summed E-state index contributed by atoms with van der Waals surface area (Å²) in [6.07, 6.45) is 5.40. The maximum Gasteiger partial charge on any atom is 0.124 e. The molecule has 1 aromatic heterocycles. The monoisotopic (exact) mass is 222 g/mol. The number of aromatic nitrogens is 1. The highest BCUT2D eigenvalue weighted by Crippen LogP contribution is 2.35. The van der Waals surface area contributed by atoms with E-state index in [1.165, 1.54) is 25.7 Å². The summed E-state index contributed by atoms with van der Waals surface area (Å²) in [5, 5.41) is 1.82. The number of nitrogen functional groups attached to an aromatic ring is 1. The highest BCUT2D eigenvalue weighted by molar-refractivity contribution is 7.99. The Balaban J connectivity index is 1.96. The number of hydrogen-bond donors (Lipinski definition) is 1. The van der Waals surface area contributed by atoms with Crippen LogP contribution in [0.1, 0.15) is 32.6 Å². The van der Waals surface area contributed by atoms with Gasteiger partial charge in [0.1, 0.15) is 5.82 Å². The van der Waals surface area contributed by atoms with E-state index >= 15 is 0 Å². The van der Waals surface area contributed by atoms with Crippen LogP contribution >= 0.6 is 11.8 Å². The quantitative estimate of drug-likeness (QED) is 0.834. The van der Waals surface area contributed by atoms with Gasteiger partial charge in [0.05, 0.1) is 5.03 Å². The fourth-order valence-corrected chi connectivity index (χ4v) is 3.52. The molecule has 2 rings (SSSR count). The van der Waals surface area contributed by atoms with Crippen LogP contribution in [0.4, 0.5) is 5.82 Å². The minimum Gasteiger partial charge on any atom is -0.384 e. The maximum atomic E-state index is 5.67. The molecule has 3 heteroatoms. The first kappa shape index (κ1) is 10.8. The zero-order valence-corrected chi connectivity index (χ0v) is 9.96. The first-order chi connectivity index (χ1) is 7.24. The van der Waals surface area contributed by atoms with Crippen LogP contribution in [0.25, 0.3) is 0 Å². The molecule has 1 heterocycles. The highest BCUT2D eigenvalue weighted by Gasteiger charge is 2.19. The highest BCUT2D eigenvalue weighted by atomic mass is 32.2. The van der Waals surface area contributed by atoms with Gasteiger partial charge in [-0.1, -0.05) is 25.8 Å². The van der Waals surface area contributed by atoms with E-state index in [2.05, 4.69) is 18.0 Å². The number of pyridine rings is 1. The molecule has 1 fully saturated rings. The molecule has 15 heavy (non-hydrogen) atoms. The number of hydrogen-bond acceptors (Lipinski definition) is 3. The third kappa shape index (κ3) is 3.13. The van der Waals surface area contributed by atoms with Crippen molar-refractivity contribution in [2.45, 2.75) is 42.9 Å².